The standard InChI is InChI=1S/C11H17BrO3/c1-6(2)8-7(3)10(13)11(9(8)12)15-5-14-4/h6-8H,5H2,1-4H3. The van der Waals surface area contributed by atoms with Gasteiger partial charge in [0.1, 0.15) is 0 Å². The van der Waals surface area contributed by atoms with Gasteiger partial charge in [-0.1, -0.05) is 36.7 Å². The molecule has 0 aromatic rings. The number of halogens is 1. The van der Waals surface area contributed by atoms with E-state index in [1.54, 1.807) is 0 Å². The Kier molecular flexibility index (Phi) is 4.34. The lowest BCUT2D eigenvalue weighted by Crippen LogP contribution is -2.18. The molecule has 0 aromatic carbocycles. The molecule has 1 aliphatic rings. The molecular weight excluding hydrogens is 260 g/mol. The molecule has 2 atom stereocenters. The van der Waals surface area contributed by atoms with Gasteiger partial charge < -0.3 is 9.47 Å². The maximum Gasteiger partial charge on any atom is 0.201 e. The number of ether oxygens (including phenoxy) is 2. The van der Waals surface area contributed by atoms with E-state index < -0.39 is 0 Å². The first-order valence-corrected chi connectivity index (χ1v) is 5.85. The zero-order valence-electron chi connectivity index (χ0n) is 9.54. The van der Waals surface area contributed by atoms with Crippen LogP contribution in [0.15, 0.2) is 10.2 Å². The summed E-state index contributed by atoms with van der Waals surface area (Å²) < 4.78 is 11.0. The number of methoxy groups -OCH3 is 1. The van der Waals surface area contributed by atoms with Crippen molar-refractivity contribution in [3.05, 3.63) is 10.2 Å². The molecule has 0 fully saturated rings. The minimum atomic E-state index is -0.00812. The molecule has 1 rings (SSSR count). The molecule has 2 unspecified atom stereocenters. The summed E-state index contributed by atoms with van der Waals surface area (Å²) in [6, 6.07) is 0. The predicted octanol–water partition coefficient (Wildman–Crippen LogP) is 2.70. The summed E-state index contributed by atoms with van der Waals surface area (Å²) in [4.78, 5) is 11.9. The minimum Gasteiger partial charge on any atom is -0.463 e. The molecule has 0 N–H and O–H groups in total. The Labute approximate surface area is 98.9 Å². The lowest BCUT2D eigenvalue weighted by atomic mass is 9.87. The van der Waals surface area contributed by atoms with Crippen LogP contribution in [0.5, 0.6) is 0 Å². The lowest BCUT2D eigenvalue weighted by molar-refractivity contribution is -0.124. The smallest absolute Gasteiger partial charge is 0.201 e. The molecule has 0 radical (unpaired) electrons. The number of carbonyl (C=O) groups excluding carboxylic acids is 1. The van der Waals surface area contributed by atoms with Crippen molar-refractivity contribution >= 4 is 21.7 Å². The number of carbonyl (C=O) groups is 1. The Hall–Kier alpha value is -0.350. The summed E-state index contributed by atoms with van der Waals surface area (Å²) in [6.07, 6.45) is 0. The van der Waals surface area contributed by atoms with Gasteiger partial charge in [-0.2, -0.15) is 0 Å². The maximum absolute atomic E-state index is 11.9. The van der Waals surface area contributed by atoms with Gasteiger partial charge in [-0.25, -0.2) is 0 Å². The molecule has 0 aromatic heterocycles. The summed E-state index contributed by atoms with van der Waals surface area (Å²) in [7, 11) is 1.54. The van der Waals surface area contributed by atoms with Crippen molar-refractivity contribution in [1.29, 1.82) is 0 Å². The van der Waals surface area contributed by atoms with Crippen LogP contribution in [0.2, 0.25) is 0 Å². The SMILES string of the molecule is COCOC1=C(Br)C(C(C)C)C(C)C1=O. The van der Waals surface area contributed by atoms with Gasteiger partial charge >= 0.3 is 0 Å². The monoisotopic (exact) mass is 276 g/mol. The van der Waals surface area contributed by atoms with Crippen molar-refractivity contribution in [2.45, 2.75) is 20.8 Å². The number of allylic oxidation sites excluding steroid dienone is 2. The number of ketones is 1. The highest BCUT2D eigenvalue weighted by atomic mass is 79.9. The third kappa shape index (κ3) is 2.42. The second-order valence-corrected chi connectivity index (χ2v) is 5.00. The van der Waals surface area contributed by atoms with Crippen molar-refractivity contribution in [2.75, 3.05) is 13.9 Å². The molecule has 0 saturated heterocycles. The van der Waals surface area contributed by atoms with Crippen LogP contribution in [0.3, 0.4) is 0 Å². The fourth-order valence-corrected chi connectivity index (χ4v) is 3.22. The van der Waals surface area contributed by atoms with Crippen molar-refractivity contribution in [2.24, 2.45) is 17.8 Å². The van der Waals surface area contributed by atoms with Gasteiger partial charge in [-0.05, 0) is 5.92 Å². The molecular formula is C11H17BrO3. The third-order valence-electron chi connectivity index (χ3n) is 2.72. The van der Waals surface area contributed by atoms with Crippen molar-refractivity contribution in [3.8, 4) is 0 Å². The average Bonchev–Trinajstić information content (AvgIpc) is 2.37. The molecule has 0 spiro atoms. The van der Waals surface area contributed by atoms with Crippen LogP contribution in [0.1, 0.15) is 20.8 Å². The van der Waals surface area contributed by atoms with Gasteiger partial charge in [-0.3, -0.25) is 4.79 Å². The van der Waals surface area contributed by atoms with E-state index in [-0.39, 0.29) is 24.4 Å². The topological polar surface area (TPSA) is 35.5 Å². The number of rotatable bonds is 4. The van der Waals surface area contributed by atoms with Crippen LogP contribution in [0, 0.1) is 17.8 Å². The second kappa shape index (κ2) is 5.12. The Bertz CT molecular complexity index is 284. The van der Waals surface area contributed by atoms with Crippen LogP contribution < -0.4 is 0 Å². The predicted molar refractivity (Wildman–Crippen MR) is 61.4 cm³/mol. The summed E-state index contributed by atoms with van der Waals surface area (Å²) in [6.45, 7) is 6.27. The largest absolute Gasteiger partial charge is 0.463 e. The minimum absolute atomic E-state index is 0.00812. The van der Waals surface area contributed by atoms with E-state index in [0.29, 0.717) is 11.7 Å². The number of hydrogen-bond acceptors (Lipinski definition) is 3. The van der Waals surface area contributed by atoms with Crippen molar-refractivity contribution < 1.29 is 14.3 Å². The average molecular weight is 277 g/mol. The molecule has 86 valence electrons. The van der Waals surface area contributed by atoms with E-state index in [2.05, 4.69) is 29.8 Å². The molecule has 0 aliphatic heterocycles. The lowest BCUT2D eigenvalue weighted by Gasteiger charge is -2.18. The van der Waals surface area contributed by atoms with Gasteiger partial charge in [0, 0.05) is 23.4 Å². The normalized spacial score (nSPS) is 26.7. The Morgan fingerprint density at radius 3 is 2.47 bits per heavy atom. The highest BCUT2D eigenvalue weighted by molar-refractivity contribution is 9.11. The molecule has 3 nitrogen and oxygen atoms in total. The molecule has 0 heterocycles. The molecule has 0 amide bonds. The molecule has 15 heavy (non-hydrogen) atoms. The van der Waals surface area contributed by atoms with Crippen LogP contribution in [-0.4, -0.2) is 19.7 Å². The second-order valence-electron chi connectivity index (χ2n) is 4.15. The Morgan fingerprint density at radius 1 is 1.47 bits per heavy atom. The highest BCUT2D eigenvalue weighted by Gasteiger charge is 2.40. The maximum atomic E-state index is 11.9. The van der Waals surface area contributed by atoms with E-state index in [1.807, 2.05) is 6.92 Å². The van der Waals surface area contributed by atoms with E-state index in [4.69, 9.17) is 9.47 Å². The van der Waals surface area contributed by atoms with E-state index in [1.165, 1.54) is 7.11 Å². The third-order valence-corrected chi connectivity index (χ3v) is 3.61. The van der Waals surface area contributed by atoms with Gasteiger partial charge in [0.2, 0.25) is 5.78 Å². The summed E-state index contributed by atoms with van der Waals surface area (Å²) in [5.41, 5.74) is 0. The van der Waals surface area contributed by atoms with Gasteiger partial charge in [0.25, 0.3) is 0 Å². The zero-order chi connectivity index (χ0) is 11.6. The van der Waals surface area contributed by atoms with Crippen LogP contribution in [-0.2, 0) is 14.3 Å². The van der Waals surface area contributed by atoms with Crippen molar-refractivity contribution in [3.63, 3.8) is 0 Å². The van der Waals surface area contributed by atoms with Crippen LogP contribution in [0.25, 0.3) is 0 Å². The Morgan fingerprint density at radius 2 is 2.07 bits per heavy atom. The fraction of sp³-hybridized carbons (Fsp3) is 0.727. The molecule has 0 bridgehead atoms. The van der Waals surface area contributed by atoms with Crippen molar-refractivity contribution in [1.82, 2.24) is 0 Å². The summed E-state index contributed by atoms with van der Waals surface area (Å²) >= 11 is 3.46. The van der Waals surface area contributed by atoms with E-state index in [0.717, 1.165) is 4.48 Å². The molecule has 4 heteroatoms. The summed E-state index contributed by atoms with van der Waals surface area (Å²) in [5.74, 6) is 1.14. The number of Topliss-reactive ketones (excluding diaryl/α,β-unsaturated/α-hetero) is 1. The first-order valence-electron chi connectivity index (χ1n) is 5.06. The molecule has 0 saturated carbocycles. The molecule has 1 aliphatic carbocycles. The number of hydrogen-bond donors (Lipinski definition) is 0. The van der Waals surface area contributed by atoms with Gasteiger partial charge in [0.15, 0.2) is 12.6 Å². The van der Waals surface area contributed by atoms with Crippen LogP contribution >= 0.6 is 15.9 Å². The summed E-state index contributed by atoms with van der Waals surface area (Å²) in [5, 5.41) is 0. The van der Waals surface area contributed by atoms with Crippen LogP contribution in [0.4, 0.5) is 0 Å². The Balaban J connectivity index is 2.87. The van der Waals surface area contributed by atoms with Gasteiger partial charge in [-0.15, -0.1) is 0 Å². The quantitative estimate of drug-likeness (QED) is 0.741. The first-order chi connectivity index (χ1) is 7.00. The highest BCUT2D eigenvalue weighted by Crippen LogP contribution is 2.42. The van der Waals surface area contributed by atoms with Gasteiger partial charge in [0.05, 0.1) is 0 Å². The zero-order valence-corrected chi connectivity index (χ0v) is 11.1. The van der Waals surface area contributed by atoms with E-state index >= 15 is 0 Å². The fourth-order valence-electron chi connectivity index (χ4n) is 1.99. The first kappa shape index (κ1) is 12.7. The van der Waals surface area contributed by atoms with E-state index in [9.17, 15) is 4.79 Å².